The van der Waals surface area contributed by atoms with Crippen molar-refractivity contribution in [3.05, 3.63) is 109 Å². The van der Waals surface area contributed by atoms with Crippen molar-refractivity contribution in [3.8, 4) is 0 Å². The third-order valence-electron chi connectivity index (χ3n) is 5.19. The van der Waals surface area contributed by atoms with Gasteiger partial charge in [-0.25, -0.2) is 0 Å². The molecule has 0 aliphatic carbocycles. The summed E-state index contributed by atoms with van der Waals surface area (Å²) in [5, 5.41) is 5.21. The first-order chi connectivity index (χ1) is 14.0. The van der Waals surface area contributed by atoms with Crippen LogP contribution >= 0.6 is 6.89 Å². The molecule has 0 aliphatic rings. The molecule has 0 atom stereocenters. The Bertz CT molecular complexity index is 1020. The fourth-order valence-electron chi connectivity index (χ4n) is 3.70. The fourth-order valence-corrected chi connectivity index (χ4v) is 8.56. The highest BCUT2D eigenvalue weighted by atomic mass is 31.2. The zero-order valence-electron chi connectivity index (χ0n) is 17.2. The van der Waals surface area contributed by atoms with Crippen LogP contribution in [0.1, 0.15) is 5.56 Å². The molecule has 0 spiro atoms. The number of furan rings is 1. The van der Waals surface area contributed by atoms with E-state index in [0.29, 0.717) is 0 Å². The van der Waals surface area contributed by atoms with Crippen molar-refractivity contribution in [2.24, 2.45) is 0 Å². The van der Waals surface area contributed by atoms with Gasteiger partial charge in [-0.2, -0.15) is 0 Å². The van der Waals surface area contributed by atoms with Crippen molar-refractivity contribution in [1.29, 1.82) is 0 Å². The molecule has 0 unspecified atom stereocenters. The highest BCUT2D eigenvalue weighted by Gasteiger charge is 2.26. The fraction of sp³-hybridized carbons (Fsp3) is 0.115. The van der Waals surface area contributed by atoms with Crippen LogP contribution in [-0.2, 0) is 0 Å². The molecule has 0 saturated heterocycles. The van der Waals surface area contributed by atoms with Crippen LogP contribution in [0.4, 0.5) is 0 Å². The molecule has 146 valence electrons. The standard InChI is InChI=1S/C26H27OPSi/c1-29(2,3)26-19-22(20-27-26)21-28(23-13-7-4-8-14-23,24-15-9-5-10-16-24)25-17-11-6-12-18-25/h4-21H,1-3H3. The first-order valence-corrected chi connectivity index (χ1v) is 15.4. The van der Waals surface area contributed by atoms with Crippen LogP contribution in [0.25, 0.3) is 0 Å². The predicted octanol–water partition coefficient (Wildman–Crippen LogP) is 4.97. The van der Waals surface area contributed by atoms with E-state index in [9.17, 15) is 0 Å². The second-order valence-electron chi connectivity index (χ2n) is 8.35. The third-order valence-corrected chi connectivity index (χ3v) is 11.0. The van der Waals surface area contributed by atoms with Crippen molar-refractivity contribution in [2.75, 3.05) is 0 Å². The molecule has 0 N–H and O–H groups in total. The molecule has 0 aliphatic heterocycles. The smallest absolute Gasteiger partial charge is 0.123 e. The molecule has 0 amide bonds. The maximum atomic E-state index is 6.03. The van der Waals surface area contributed by atoms with Gasteiger partial charge in [0, 0.05) is 5.56 Å². The van der Waals surface area contributed by atoms with Crippen LogP contribution in [0.3, 0.4) is 0 Å². The Morgan fingerprint density at radius 2 is 1.07 bits per heavy atom. The van der Waals surface area contributed by atoms with Gasteiger partial charge in [0.2, 0.25) is 0 Å². The molecule has 3 heteroatoms. The second-order valence-corrected chi connectivity index (χ2v) is 16.6. The van der Waals surface area contributed by atoms with E-state index in [-0.39, 0.29) is 0 Å². The number of benzene rings is 3. The van der Waals surface area contributed by atoms with Gasteiger partial charge in [0.1, 0.15) is 8.07 Å². The quantitative estimate of drug-likeness (QED) is 0.332. The van der Waals surface area contributed by atoms with Gasteiger partial charge in [-0.05, 0) is 34.7 Å². The van der Waals surface area contributed by atoms with Crippen LogP contribution in [0, 0.1) is 0 Å². The minimum atomic E-state index is -1.98. The van der Waals surface area contributed by atoms with Gasteiger partial charge in [-0.1, -0.05) is 111 Å². The monoisotopic (exact) mass is 414 g/mol. The molecule has 4 rings (SSSR count). The maximum Gasteiger partial charge on any atom is 0.123 e. The summed E-state index contributed by atoms with van der Waals surface area (Å²) in [5.41, 5.74) is 1.17. The van der Waals surface area contributed by atoms with Gasteiger partial charge in [-0.3, -0.25) is 0 Å². The second kappa shape index (κ2) is 8.06. The Hall–Kier alpha value is -2.54. The molecule has 0 saturated carbocycles. The Morgan fingerprint density at radius 3 is 1.41 bits per heavy atom. The summed E-state index contributed by atoms with van der Waals surface area (Å²) in [6, 6.07) is 35.0. The lowest BCUT2D eigenvalue weighted by atomic mass is 10.3. The van der Waals surface area contributed by atoms with Gasteiger partial charge >= 0.3 is 0 Å². The summed E-state index contributed by atoms with van der Waals surface area (Å²) in [5.74, 6) is 2.47. The van der Waals surface area contributed by atoms with Crippen molar-refractivity contribution in [1.82, 2.24) is 0 Å². The largest absolute Gasteiger partial charge is 0.474 e. The molecule has 1 heterocycles. The summed E-state index contributed by atoms with van der Waals surface area (Å²) < 4.78 is 6.03. The molecule has 0 radical (unpaired) electrons. The SMILES string of the molecule is C[Si](C)(C)c1cc(C=P(c2ccccc2)(c2ccccc2)c2ccccc2)co1. The van der Waals surface area contributed by atoms with Crippen molar-refractivity contribution < 1.29 is 4.42 Å². The van der Waals surface area contributed by atoms with E-state index in [1.165, 1.54) is 21.5 Å². The van der Waals surface area contributed by atoms with Crippen LogP contribution in [-0.4, -0.2) is 13.9 Å². The van der Waals surface area contributed by atoms with Crippen LogP contribution in [0.15, 0.2) is 108 Å². The summed E-state index contributed by atoms with van der Waals surface area (Å²) in [6.45, 7) is 4.99. The molecule has 4 aromatic rings. The zero-order chi connectivity index (χ0) is 20.3. The Morgan fingerprint density at radius 1 is 0.655 bits per heavy atom. The molecule has 0 fully saturated rings. The summed E-state index contributed by atoms with van der Waals surface area (Å²) in [7, 11) is -1.50. The highest BCUT2D eigenvalue weighted by Crippen LogP contribution is 2.44. The summed E-state index contributed by atoms with van der Waals surface area (Å²) in [4.78, 5) is 0. The topological polar surface area (TPSA) is 13.1 Å². The van der Waals surface area contributed by atoms with E-state index in [1.54, 1.807) is 0 Å². The maximum absolute atomic E-state index is 6.03. The van der Waals surface area contributed by atoms with E-state index in [0.717, 1.165) is 5.38 Å². The molecule has 1 nitrogen and oxygen atoms in total. The van der Waals surface area contributed by atoms with Crippen molar-refractivity contribution in [2.45, 2.75) is 19.6 Å². The van der Waals surface area contributed by atoms with Crippen LogP contribution in [0.2, 0.25) is 19.6 Å². The molecule has 1 aromatic heterocycles. The Kier molecular flexibility index (Phi) is 5.49. The Balaban J connectivity index is 2.07. The number of hydrogen-bond acceptors (Lipinski definition) is 1. The van der Waals surface area contributed by atoms with Crippen LogP contribution < -0.4 is 21.3 Å². The molecule has 3 aromatic carbocycles. The zero-order valence-corrected chi connectivity index (χ0v) is 19.1. The normalized spacial score (nSPS) is 12.0. The third kappa shape index (κ3) is 3.96. The van der Waals surface area contributed by atoms with E-state index in [4.69, 9.17) is 4.42 Å². The lowest BCUT2D eigenvalue weighted by molar-refractivity contribution is 0.597. The summed E-state index contributed by atoms with van der Waals surface area (Å²) >= 11 is 0. The van der Waals surface area contributed by atoms with Gasteiger partial charge in [0.05, 0.1) is 11.6 Å². The number of hydrogen-bond donors (Lipinski definition) is 0. The molecule has 0 bridgehead atoms. The summed E-state index contributed by atoms with van der Waals surface area (Å²) in [6.07, 6.45) is 1.94. The van der Waals surface area contributed by atoms with Gasteiger partial charge < -0.3 is 4.42 Å². The molecular weight excluding hydrogens is 387 g/mol. The van der Waals surface area contributed by atoms with E-state index in [1.807, 2.05) is 6.26 Å². The minimum Gasteiger partial charge on any atom is -0.474 e. The lowest BCUT2D eigenvalue weighted by Gasteiger charge is -2.28. The van der Waals surface area contributed by atoms with Crippen molar-refractivity contribution >= 4 is 42.1 Å². The van der Waals surface area contributed by atoms with Crippen LogP contribution in [0.5, 0.6) is 0 Å². The predicted molar refractivity (Wildman–Crippen MR) is 132 cm³/mol. The molecule has 29 heavy (non-hydrogen) atoms. The average Bonchev–Trinajstić information content (AvgIpc) is 3.23. The van der Waals surface area contributed by atoms with E-state index >= 15 is 0 Å². The molecular formula is C26H27OPSi. The van der Waals surface area contributed by atoms with Gasteiger partial charge in [-0.15, -0.1) is 0 Å². The number of rotatable bonds is 5. The van der Waals surface area contributed by atoms with Gasteiger partial charge in [0.25, 0.3) is 0 Å². The Labute approximate surface area is 175 Å². The van der Waals surface area contributed by atoms with Gasteiger partial charge in [0.15, 0.2) is 0 Å². The minimum absolute atomic E-state index is 1.15. The van der Waals surface area contributed by atoms with Crippen molar-refractivity contribution in [3.63, 3.8) is 0 Å². The highest BCUT2D eigenvalue weighted by molar-refractivity contribution is 7.94. The van der Waals surface area contributed by atoms with E-state index < -0.39 is 15.0 Å². The first-order valence-electron chi connectivity index (χ1n) is 10.0. The lowest BCUT2D eigenvalue weighted by Crippen LogP contribution is -2.36. The average molecular weight is 415 g/mol. The van der Waals surface area contributed by atoms with E-state index in [2.05, 4.69) is 122 Å². The first kappa shape index (κ1) is 19.8.